The Bertz CT molecular complexity index is 679. The molecule has 0 bridgehead atoms. The fourth-order valence-electron chi connectivity index (χ4n) is 1.52. The lowest BCUT2D eigenvalue weighted by molar-refractivity contribution is 0.111. The number of carbonyl (C=O) groups excluding carboxylic acids is 1. The van der Waals surface area contributed by atoms with E-state index in [-0.39, 0.29) is 15.4 Å². The first kappa shape index (κ1) is 12.4. The zero-order valence-corrected chi connectivity index (χ0v) is 10.0. The highest BCUT2D eigenvalue weighted by atomic mass is 32.2. The van der Waals surface area contributed by atoms with Crippen molar-refractivity contribution in [2.45, 2.75) is 9.79 Å². The van der Waals surface area contributed by atoms with E-state index in [9.17, 15) is 17.6 Å². The van der Waals surface area contributed by atoms with Crippen molar-refractivity contribution in [1.82, 2.24) is 0 Å². The molecule has 18 heavy (non-hydrogen) atoms. The third-order valence-electron chi connectivity index (χ3n) is 2.46. The van der Waals surface area contributed by atoms with Crippen LogP contribution in [0.1, 0.15) is 10.4 Å². The lowest BCUT2D eigenvalue weighted by Crippen LogP contribution is -2.03. The van der Waals surface area contributed by atoms with Crippen LogP contribution in [0.5, 0.6) is 0 Å². The molecule has 0 fully saturated rings. The van der Waals surface area contributed by atoms with Crippen LogP contribution in [0.4, 0.5) is 4.39 Å². The summed E-state index contributed by atoms with van der Waals surface area (Å²) in [4.78, 5) is 10.6. The second-order valence-corrected chi connectivity index (χ2v) is 5.57. The van der Waals surface area contributed by atoms with Crippen LogP contribution in [0.3, 0.4) is 0 Å². The predicted molar refractivity (Wildman–Crippen MR) is 63.7 cm³/mol. The Hall–Kier alpha value is -2.01. The number of benzene rings is 2. The fourth-order valence-corrected chi connectivity index (χ4v) is 2.83. The molecule has 2 rings (SSSR count). The number of carbonyl (C=O) groups is 1. The van der Waals surface area contributed by atoms with Crippen molar-refractivity contribution in [3.8, 4) is 0 Å². The maximum absolute atomic E-state index is 13.1. The van der Waals surface area contributed by atoms with Gasteiger partial charge in [0.15, 0.2) is 6.29 Å². The smallest absolute Gasteiger partial charge is 0.206 e. The van der Waals surface area contributed by atoms with E-state index in [1.165, 1.54) is 12.1 Å². The van der Waals surface area contributed by atoms with E-state index in [2.05, 4.69) is 0 Å². The molecule has 2 aromatic rings. The molecule has 0 radical (unpaired) electrons. The molecule has 0 N–H and O–H groups in total. The van der Waals surface area contributed by atoms with Gasteiger partial charge in [0.1, 0.15) is 5.82 Å². The van der Waals surface area contributed by atoms with Gasteiger partial charge in [0.05, 0.1) is 15.4 Å². The molecule has 0 aromatic heterocycles. The van der Waals surface area contributed by atoms with Crippen molar-refractivity contribution >= 4 is 16.1 Å². The van der Waals surface area contributed by atoms with E-state index >= 15 is 0 Å². The summed E-state index contributed by atoms with van der Waals surface area (Å²) >= 11 is 0. The molecular weight excluding hydrogens is 255 g/mol. The van der Waals surface area contributed by atoms with Crippen LogP contribution in [0.25, 0.3) is 0 Å². The molecule has 2 aromatic carbocycles. The average molecular weight is 264 g/mol. The lowest BCUT2D eigenvalue weighted by Gasteiger charge is -2.05. The highest BCUT2D eigenvalue weighted by Crippen LogP contribution is 2.22. The van der Waals surface area contributed by atoms with Gasteiger partial charge in [0.2, 0.25) is 9.84 Å². The quantitative estimate of drug-likeness (QED) is 0.632. The van der Waals surface area contributed by atoms with Crippen LogP contribution in [-0.2, 0) is 9.84 Å². The molecule has 0 saturated carbocycles. The molecule has 92 valence electrons. The van der Waals surface area contributed by atoms with E-state index in [4.69, 9.17) is 0 Å². The summed E-state index contributed by atoms with van der Waals surface area (Å²) in [7, 11) is -3.71. The van der Waals surface area contributed by atoms with Gasteiger partial charge >= 0.3 is 0 Å². The van der Waals surface area contributed by atoms with Crippen molar-refractivity contribution in [3.05, 3.63) is 59.9 Å². The highest BCUT2D eigenvalue weighted by molar-refractivity contribution is 7.91. The Kier molecular flexibility index (Phi) is 3.25. The third kappa shape index (κ3) is 2.17. The van der Waals surface area contributed by atoms with Gasteiger partial charge in [0, 0.05) is 0 Å². The molecule has 3 nitrogen and oxygen atoms in total. The number of halogens is 1. The van der Waals surface area contributed by atoms with Crippen LogP contribution in [0.2, 0.25) is 0 Å². The van der Waals surface area contributed by atoms with Gasteiger partial charge < -0.3 is 0 Å². The van der Waals surface area contributed by atoms with Gasteiger partial charge in [-0.15, -0.1) is 0 Å². The molecular formula is C13H9FO3S. The topological polar surface area (TPSA) is 51.2 Å². The van der Waals surface area contributed by atoms with Crippen molar-refractivity contribution in [2.75, 3.05) is 0 Å². The first-order valence-corrected chi connectivity index (χ1v) is 6.59. The summed E-state index contributed by atoms with van der Waals surface area (Å²) in [5, 5.41) is 0. The lowest BCUT2D eigenvalue weighted by atomic mass is 10.2. The van der Waals surface area contributed by atoms with Crippen molar-refractivity contribution in [2.24, 2.45) is 0 Å². The third-order valence-corrected chi connectivity index (χ3v) is 4.23. The van der Waals surface area contributed by atoms with Crippen molar-refractivity contribution in [1.29, 1.82) is 0 Å². The summed E-state index contributed by atoms with van der Waals surface area (Å²) in [6, 6.07) is 10.9. The second-order valence-electron chi connectivity index (χ2n) is 3.62. The SMILES string of the molecule is O=Cc1cc(S(=O)(=O)c2ccccc2)ccc1F. The largest absolute Gasteiger partial charge is 0.298 e. The van der Waals surface area contributed by atoms with E-state index in [1.54, 1.807) is 18.2 Å². The zero-order chi connectivity index (χ0) is 13.2. The summed E-state index contributed by atoms with van der Waals surface area (Å²) in [6.07, 6.45) is 0.291. The highest BCUT2D eigenvalue weighted by Gasteiger charge is 2.18. The first-order valence-electron chi connectivity index (χ1n) is 5.10. The summed E-state index contributed by atoms with van der Waals surface area (Å²) < 4.78 is 37.5. The van der Waals surface area contributed by atoms with E-state index in [0.29, 0.717) is 6.29 Å². The zero-order valence-electron chi connectivity index (χ0n) is 9.21. The molecule has 0 aliphatic rings. The second kappa shape index (κ2) is 4.70. The summed E-state index contributed by atoms with van der Waals surface area (Å²) in [6.45, 7) is 0. The maximum atomic E-state index is 13.1. The number of rotatable bonds is 3. The average Bonchev–Trinajstić information content (AvgIpc) is 2.40. The van der Waals surface area contributed by atoms with Crippen LogP contribution in [0.15, 0.2) is 58.3 Å². The Balaban J connectivity index is 2.59. The number of aldehydes is 1. The Morgan fingerprint density at radius 3 is 2.22 bits per heavy atom. The first-order chi connectivity index (χ1) is 8.55. The van der Waals surface area contributed by atoms with Crippen molar-refractivity contribution < 1.29 is 17.6 Å². The van der Waals surface area contributed by atoms with Crippen molar-refractivity contribution in [3.63, 3.8) is 0 Å². The van der Waals surface area contributed by atoms with Gasteiger partial charge in [-0.1, -0.05) is 18.2 Å². The molecule has 5 heteroatoms. The van der Waals surface area contributed by atoms with Gasteiger partial charge in [-0.3, -0.25) is 4.79 Å². The van der Waals surface area contributed by atoms with E-state index in [1.807, 2.05) is 0 Å². The molecule has 0 unspecified atom stereocenters. The Morgan fingerprint density at radius 2 is 1.61 bits per heavy atom. The number of hydrogen-bond donors (Lipinski definition) is 0. The maximum Gasteiger partial charge on any atom is 0.206 e. The van der Waals surface area contributed by atoms with Crippen LogP contribution in [-0.4, -0.2) is 14.7 Å². The standard InChI is InChI=1S/C13H9FO3S/c14-13-7-6-12(8-10(13)9-15)18(16,17)11-4-2-1-3-5-11/h1-9H. The molecule has 0 aliphatic carbocycles. The Morgan fingerprint density at radius 1 is 0.944 bits per heavy atom. The molecule has 0 aliphatic heterocycles. The Labute approximate surface area is 104 Å². The molecule has 0 amide bonds. The van der Waals surface area contributed by atoms with Gasteiger partial charge in [-0.05, 0) is 30.3 Å². The predicted octanol–water partition coefficient (Wildman–Crippen LogP) is 2.47. The van der Waals surface area contributed by atoms with E-state index < -0.39 is 15.7 Å². The van der Waals surface area contributed by atoms with Gasteiger partial charge in [0.25, 0.3) is 0 Å². The van der Waals surface area contributed by atoms with Gasteiger partial charge in [-0.2, -0.15) is 0 Å². The fraction of sp³-hybridized carbons (Fsp3) is 0. The molecule has 0 saturated heterocycles. The minimum Gasteiger partial charge on any atom is -0.298 e. The van der Waals surface area contributed by atoms with Crippen LogP contribution in [0, 0.1) is 5.82 Å². The molecule has 0 heterocycles. The van der Waals surface area contributed by atoms with Gasteiger partial charge in [-0.25, -0.2) is 12.8 Å². The van der Waals surface area contributed by atoms with Crippen LogP contribution >= 0.6 is 0 Å². The normalized spacial score (nSPS) is 11.2. The minimum atomic E-state index is -3.71. The number of sulfone groups is 1. The monoisotopic (exact) mass is 264 g/mol. The molecule has 0 spiro atoms. The minimum absolute atomic E-state index is 0.0998. The summed E-state index contributed by atoms with van der Waals surface area (Å²) in [5.74, 6) is -0.739. The summed E-state index contributed by atoms with van der Waals surface area (Å²) in [5.41, 5.74) is -0.271. The number of hydrogen-bond acceptors (Lipinski definition) is 3. The van der Waals surface area contributed by atoms with E-state index in [0.717, 1.165) is 18.2 Å². The molecule has 0 atom stereocenters. The van der Waals surface area contributed by atoms with Crippen LogP contribution < -0.4 is 0 Å².